The van der Waals surface area contributed by atoms with Crippen molar-refractivity contribution < 1.29 is 4.79 Å². The molecule has 0 bridgehead atoms. The molecular weight excluding hydrogens is 434 g/mol. The quantitative estimate of drug-likeness (QED) is 0.256. The van der Waals surface area contributed by atoms with Gasteiger partial charge in [-0.2, -0.15) is 0 Å². The summed E-state index contributed by atoms with van der Waals surface area (Å²) in [6.07, 6.45) is 0. The minimum absolute atomic E-state index is 0.0842. The number of pyridine rings is 1. The van der Waals surface area contributed by atoms with Gasteiger partial charge in [0.05, 0.1) is 11.0 Å². The van der Waals surface area contributed by atoms with Crippen LogP contribution in [0, 0.1) is 6.92 Å². The number of hydrogen-bond donors (Lipinski definition) is 0. The van der Waals surface area contributed by atoms with E-state index in [1.54, 1.807) is 6.92 Å². The molecule has 30 heavy (non-hydrogen) atoms. The number of aryl methyl sites for hydroxylation is 1. The number of carbonyl (C=O) groups is 1. The lowest BCUT2D eigenvalue weighted by Gasteiger charge is -2.13. The maximum atomic E-state index is 12.8. The van der Waals surface area contributed by atoms with Gasteiger partial charge in [-0.3, -0.25) is 4.79 Å². The molecule has 0 fully saturated rings. The first-order valence-electron chi connectivity index (χ1n) is 9.95. The molecule has 2 heterocycles. The molecule has 5 aromatic rings. The highest BCUT2D eigenvalue weighted by Gasteiger charge is 2.24. The van der Waals surface area contributed by atoms with Gasteiger partial charge in [0, 0.05) is 26.9 Å². The molecule has 3 heteroatoms. The van der Waals surface area contributed by atoms with Crippen molar-refractivity contribution >= 4 is 38.1 Å². The van der Waals surface area contributed by atoms with Crippen LogP contribution in [0.15, 0.2) is 89.4 Å². The highest BCUT2D eigenvalue weighted by Crippen LogP contribution is 2.41. The van der Waals surface area contributed by atoms with Crippen molar-refractivity contribution in [3.8, 4) is 22.3 Å². The Bertz CT molecular complexity index is 1410. The third-order valence-corrected chi connectivity index (χ3v) is 6.24. The largest absolute Gasteiger partial charge is 0.312 e. The zero-order valence-corrected chi connectivity index (χ0v) is 18.4. The van der Waals surface area contributed by atoms with E-state index in [2.05, 4.69) is 87.1 Å². The summed E-state index contributed by atoms with van der Waals surface area (Å²) in [7, 11) is 0. The summed E-state index contributed by atoms with van der Waals surface area (Å²) in [6.45, 7) is 3.71. The van der Waals surface area contributed by atoms with Gasteiger partial charge in [-0.1, -0.05) is 76.6 Å². The average Bonchev–Trinajstić information content (AvgIpc) is 3.08. The Balaban J connectivity index is 2.04. The minimum Gasteiger partial charge on any atom is -0.312 e. The van der Waals surface area contributed by atoms with Gasteiger partial charge in [-0.25, -0.2) is 0 Å². The Labute approximate surface area is 183 Å². The number of fused-ring (bicyclic) bond motifs is 3. The lowest BCUT2D eigenvalue weighted by Crippen LogP contribution is -1.97. The Morgan fingerprint density at radius 3 is 2.20 bits per heavy atom. The maximum Gasteiger partial charge on any atom is 0.162 e. The first-order valence-corrected chi connectivity index (χ1v) is 10.7. The summed E-state index contributed by atoms with van der Waals surface area (Å²) in [4.78, 5) is 12.8. The third-order valence-electron chi connectivity index (χ3n) is 5.71. The second kappa shape index (κ2) is 7.26. The van der Waals surface area contributed by atoms with Crippen molar-refractivity contribution in [1.29, 1.82) is 0 Å². The molecule has 0 aliphatic rings. The second-order valence-corrected chi connectivity index (χ2v) is 8.48. The maximum absolute atomic E-state index is 12.8. The highest BCUT2D eigenvalue weighted by atomic mass is 79.9. The van der Waals surface area contributed by atoms with Gasteiger partial charge in [0.15, 0.2) is 5.78 Å². The minimum atomic E-state index is 0.0842. The monoisotopic (exact) mass is 453 g/mol. The van der Waals surface area contributed by atoms with Crippen LogP contribution in [0.2, 0.25) is 0 Å². The smallest absolute Gasteiger partial charge is 0.162 e. The van der Waals surface area contributed by atoms with Crippen LogP contribution >= 0.6 is 15.9 Å². The first kappa shape index (κ1) is 18.8. The van der Waals surface area contributed by atoms with Crippen LogP contribution in [0.1, 0.15) is 23.0 Å². The molecule has 3 aromatic carbocycles. The van der Waals surface area contributed by atoms with E-state index in [0.29, 0.717) is 0 Å². The number of halogens is 1. The van der Waals surface area contributed by atoms with E-state index in [1.165, 1.54) is 0 Å². The number of rotatable bonds is 3. The van der Waals surface area contributed by atoms with Gasteiger partial charge in [0.2, 0.25) is 0 Å². The summed E-state index contributed by atoms with van der Waals surface area (Å²) in [5, 5.41) is 1.15. The summed E-state index contributed by atoms with van der Waals surface area (Å²) in [6, 6.07) is 29.2. The van der Waals surface area contributed by atoms with Crippen molar-refractivity contribution in [2.24, 2.45) is 0 Å². The van der Waals surface area contributed by atoms with Gasteiger partial charge in [0.1, 0.15) is 0 Å². The molecule has 146 valence electrons. The number of nitrogens with zero attached hydrogens (tertiary/aromatic N) is 1. The number of benzene rings is 3. The third kappa shape index (κ3) is 2.89. The van der Waals surface area contributed by atoms with Gasteiger partial charge >= 0.3 is 0 Å². The number of hydrogen-bond acceptors (Lipinski definition) is 1. The van der Waals surface area contributed by atoms with Gasteiger partial charge < -0.3 is 4.40 Å². The zero-order chi connectivity index (χ0) is 20.8. The molecule has 0 N–H and O–H groups in total. The van der Waals surface area contributed by atoms with E-state index in [-0.39, 0.29) is 5.78 Å². The fourth-order valence-corrected chi connectivity index (χ4v) is 4.71. The zero-order valence-electron chi connectivity index (χ0n) is 16.8. The summed E-state index contributed by atoms with van der Waals surface area (Å²) in [5.41, 5.74) is 8.25. The SMILES string of the molecule is CC(=O)c1c(-c2ccccc2)c2c(-c3ccc(Br)cc3)cc3ccccc3n2c1C. The number of para-hydroxylation sites is 1. The summed E-state index contributed by atoms with van der Waals surface area (Å²) < 4.78 is 3.30. The summed E-state index contributed by atoms with van der Waals surface area (Å²) >= 11 is 3.54. The fraction of sp³-hybridized carbons (Fsp3) is 0.0741. The lowest BCUT2D eigenvalue weighted by atomic mass is 9.95. The molecule has 0 aliphatic heterocycles. The van der Waals surface area contributed by atoms with E-state index in [4.69, 9.17) is 0 Å². The van der Waals surface area contributed by atoms with Crippen LogP contribution in [-0.4, -0.2) is 10.2 Å². The van der Waals surface area contributed by atoms with Crippen LogP contribution in [0.25, 0.3) is 38.7 Å². The standard InChI is InChI=1S/C27H20BrNO/c1-17-25(18(2)30)26(20-8-4-3-5-9-20)27-23(19-12-14-22(28)15-13-19)16-21-10-6-7-11-24(21)29(17)27/h3-16H,1-2H3. The van der Waals surface area contributed by atoms with Crippen LogP contribution in [0.5, 0.6) is 0 Å². The summed E-state index contributed by atoms with van der Waals surface area (Å²) in [5.74, 6) is 0.0842. The Morgan fingerprint density at radius 2 is 1.50 bits per heavy atom. The van der Waals surface area contributed by atoms with E-state index < -0.39 is 0 Å². The number of Topliss-reactive ketones (excluding diaryl/α,β-unsaturated/α-hetero) is 1. The highest BCUT2D eigenvalue weighted by molar-refractivity contribution is 9.10. The Morgan fingerprint density at radius 1 is 0.833 bits per heavy atom. The number of aromatic nitrogens is 1. The molecule has 2 nitrogen and oxygen atoms in total. The lowest BCUT2D eigenvalue weighted by molar-refractivity contribution is 0.101. The first-order chi connectivity index (χ1) is 14.6. The predicted molar refractivity (Wildman–Crippen MR) is 128 cm³/mol. The molecule has 0 unspecified atom stereocenters. The molecule has 0 atom stereocenters. The van der Waals surface area contributed by atoms with Crippen molar-refractivity contribution in [2.75, 3.05) is 0 Å². The normalized spacial score (nSPS) is 11.3. The molecular formula is C27H20BrNO. The van der Waals surface area contributed by atoms with Crippen molar-refractivity contribution in [3.63, 3.8) is 0 Å². The van der Waals surface area contributed by atoms with E-state index in [9.17, 15) is 4.79 Å². The van der Waals surface area contributed by atoms with Gasteiger partial charge in [0.25, 0.3) is 0 Å². The predicted octanol–water partition coefficient (Wildman–Crippen LogP) is 7.70. The fourth-order valence-electron chi connectivity index (χ4n) is 4.45. The van der Waals surface area contributed by atoms with Crippen molar-refractivity contribution in [3.05, 3.63) is 101 Å². The van der Waals surface area contributed by atoms with Crippen LogP contribution in [0.3, 0.4) is 0 Å². The van der Waals surface area contributed by atoms with E-state index in [0.717, 1.165) is 54.4 Å². The molecule has 0 saturated heterocycles. The van der Waals surface area contributed by atoms with Crippen molar-refractivity contribution in [1.82, 2.24) is 4.40 Å². The van der Waals surface area contributed by atoms with Crippen LogP contribution in [-0.2, 0) is 0 Å². The van der Waals surface area contributed by atoms with Gasteiger partial charge in [-0.05, 0) is 54.6 Å². The molecule has 0 amide bonds. The molecule has 0 radical (unpaired) electrons. The van der Waals surface area contributed by atoms with Crippen molar-refractivity contribution in [2.45, 2.75) is 13.8 Å². The van der Waals surface area contributed by atoms with E-state index >= 15 is 0 Å². The molecule has 5 rings (SSSR count). The molecule has 0 aliphatic carbocycles. The van der Waals surface area contributed by atoms with Gasteiger partial charge in [-0.15, -0.1) is 0 Å². The topological polar surface area (TPSA) is 21.5 Å². The average molecular weight is 454 g/mol. The number of ketones is 1. The van der Waals surface area contributed by atoms with Crippen LogP contribution < -0.4 is 0 Å². The molecule has 0 spiro atoms. The Hall–Kier alpha value is -3.17. The molecule has 0 saturated carbocycles. The van der Waals surface area contributed by atoms with Crippen LogP contribution in [0.4, 0.5) is 0 Å². The Kier molecular flexibility index (Phi) is 4.56. The second-order valence-electron chi connectivity index (χ2n) is 7.57. The van der Waals surface area contributed by atoms with E-state index in [1.807, 2.05) is 25.1 Å². The molecule has 2 aromatic heterocycles. The number of carbonyl (C=O) groups excluding carboxylic acids is 1.